The Kier molecular flexibility index (Phi) is 4.53. The van der Waals surface area contributed by atoms with Crippen LogP contribution in [0.15, 0.2) is 42.7 Å². The van der Waals surface area contributed by atoms with Crippen LogP contribution in [0.2, 0.25) is 5.02 Å². The third-order valence-corrected chi connectivity index (χ3v) is 4.93. The second-order valence-electron chi connectivity index (χ2n) is 6.61. The van der Waals surface area contributed by atoms with Crippen molar-refractivity contribution in [2.75, 3.05) is 18.0 Å². The molecule has 0 saturated carbocycles. The van der Waals surface area contributed by atoms with E-state index in [2.05, 4.69) is 10.1 Å². The molecule has 8 heteroatoms. The summed E-state index contributed by atoms with van der Waals surface area (Å²) in [6.45, 7) is 1.10. The molecule has 3 aromatic rings. The van der Waals surface area contributed by atoms with E-state index in [0.717, 1.165) is 22.6 Å². The number of aliphatic carboxylic acids is 1. The lowest BCUT2D eigenvalue weighted by Crippen LogP contribution is -2.23. The Labute approximate surface area is 161 Å². The molecule has 3 heterocycles. The molecule has 0 bridgehead atoms. The molecule has 2 aromatic heterocycles. The fourth-order valence-electron chi connectivity index (χ4n) is 3.20. The second-order valence-corrected chi connectivity index (χ2v) is 7.05. The summed E-state index contributed by atoms with van der Waals surface area (Å²) in [5.74, 6) is 0.139. The molecule has 1 aromatic carbocycles. The Morgan fingerprint density at radius 1 is 1.22 bits per heavy atom. The molecule has 7 nitrogen and oxygen atoms in total. The molecule has 1 fully saturated rings. The van der Waals surface area contributed by atoms with Crippen LogP contribution in [-0.4, -0.2) is 43.9 Å². The van der Waals surface area contributed by atoms with Crippen LogP contribution in [0.3, 0.4) is 0 Å². The summed E-state index contributed by atoms with van der Waals surface area (Å²) in [7, 11) is 1.84. The zero-order valence-corrected chi connectivity index (χ0v) is 15.5. The lowest BCUT2D eigenvalue weighted by molar-refractivity contribution is -0.140. The number of carboxylic acids is 1. The van der Waals surface area contributed by atoms with Gasteiger partial charge in [0.1, 0.15) is 5.82 Å². The summed E-state index contributed by atoms with van der Waals surface area (Å²) in [5.41, 5.74) is 2.49. The van der Waals surface area contributed by atoms with Gasteiger partial charge in [0.2, 0.25) is 0 Å². The predicted molar refractivity (Wildman–Crippen MR) is 103 cm³/mol. The molecule has 0 aliphatic carbocycles. The van der Waals surface area contributed by atoms with Crippen LogP contribution in [-0.2, 0) is 11.8 Å². The summed E-state index contributed by atoms with van der Waals surface area (Å²) in [5, 5.41) is 14.1. The van der Waals surface area contributed by atoms with Crippen molar-refractivity contribution in [1.82, 2.24) is 19.7 Å². The Morgan fingerprint density at radius 2 is 2.00 bits per heavy atom. The number of hydrogen-bond donors (Lipinski definition) is 1. The Hall–Kier alpha value is -2.93. The van der Waals surface area contributed by atoms with Crippen molar-refractivity contribution >= 4 is 23.4 Å². The van der Waals surface area contributed by atoms with Gasteiger partial charge in [-0.05, 0) is 18.6 Å². The van der Waals surface area contributed by atoms with Crippen molar-refractivity contribution in [3.05, 3.63) is 47.7 Å². The number of carboxylic acid groups (broad SMARTS) is 1. The van der Waals surface area contributed by atoms with Crippen molar-refractivity contribution in [1.29, 1.82) is 0 Å². The third kappa shape index (κ3) is 3.64. The molecule has 0 radical (unpaired) electrons. The van der Waals surface area contributed by atoms with Gasteiger partial charge in [-0.1, -0.05) is 23.7 Å². The Morgan fingerprint density at radius 3 is 2.63 bits per heavy atom. The molecule has 1 aliphatic heterocycles. The summed E-state index contributed by atoms with van der Waals surface area (Å²) in [6.07, 6.45) is 4.18. The van der Waals surface area contributed by atoms with Crippen molar-refractivity contribution in [3.63, 3.8) is 0 Å². The van der Waals surface area contributed by atoms with E-state index < -0.39 is 5.97 Å². The standard InChI is InChI=1S/C19H18ClN5O2/c1-24-10-14(9-21-24)18-22-16(12-2-4-15(20)5-3-12)8-17(23-18)25-7-6-13(11-25)19(26)27/h2-5,8-10,13H,6-7,11H2,1H3,(H,26,27)/t13-/m1/s1. The maximum Gasteiger partial charge on any atom is 0.308 e. The van der Waals surface area contributed by atoms with Gasteiger partial charge in [0.25, 0.3) is 0 Å². The Balaban J connectivity index is 1.77. The molecule has 1 N–H and O–H groups in total. The quantitative estimate of drug-likeness (QED) is 0.745. The first-order valence-corrected chi connectivity index (χ1v) is 8.99. The first-order valence-electron chi connectivity index (χ1n) is 8.61. The summed E-state index contributed by atoms with van der Waals surface area (Å²) in [6, 6.07) is 9.35. The lowest BCUT2D eigenvalue weighted by atomic mass is 10.1. The lowest BCUT2D eigenvalue weighted by Gasteiger charge is -2.18. The van der Waals surface area contributed by atoms with E-state index in [4.69, 9.17) is 16.6 Å². The SMILES string of the molecule is Cn1cc(-c2nc(-c3ccc(Cl)cc3)cc(N3CC[C@@H](C(=O)O)C3)n2)cn1. The van der Waals surface area contributed by atoms with E-state index in [0.29, 0.717) is 30.4 Å². The molecule has 4 rings (SSSR count). The minimum Gasteiger partial charge on any atom is -0.481 e. The second kappa shape index (κ2) is 7.00. The molecule has 1 aliphatic rings. The zero-order chi connectivity index (χ0) is 19.0. The van der Waals surface area contributed by atoms with Gasteiger partial charge in [0.05, 0.1) is 23.4 Å². The number of halogens is 1. The van der Waals surface area contributed by atoms with Crippen LogP contribution in [0.5, 0.6) is 0 Å². The van der Waals surface area contributed by atoms with Crippen molar-refractivity contribution in [3.8, 4) is 22.6 Å². The van der Waals surface area contributed by atoms with E-state index in [1.54, 1.807) is 10.9 Å². The Bertz CT molecular complexity index is 986. The van der Waals surface area contributed by atoms with Crippen molar-refractivity contribution in [2.45, 2.75) is 6.42 Å². The largest absolute Gasteiger partial charge is 0.481 e. The van der Waals surface area contributed by atoms with Crippen LogP contribution < -0.4 is 4.90 Å². The molecule has 27 heavy (non-hydrogen) atoms. The molecule has 0 unspecified atom stereocenters. The fraction of sp³-hybridized carbons (Fsp3) is 0.263. The maximum absolute atomic E-state index is 11.3. The van der Waals surface area contributed by atoms with Gasteiger partial charge in [-0.3, -0.25) is 9.48 Å². The number of hydrogen-bond acceptors (Lipinski definition) is 5. The smallest absolute Gasteiger partial charge is 0.308 e. The topological polar surface area (TPSA) is 84.1 Å². The summed E-state index contributed by atoms with van der Waals surface area (Å²) in [4.78, 5) is 22.7. The molecule has 138 valence electrons. The average molecular weight is 384 g/mol. The van der Waals surface area contributed by atoms with Crippen LogP contribution in [0.25, 0.3) is 22.6 Å². The van der Waals surface area contributed by atoms with Crippen LogP contribution in [0, 0.1) is 5.92 Å². The van der Waals surface area contributed by atoms with Crippen molar-refractivity contribution in [2.24, 2.45) is 13.0 Å². The van der Waals surface area contributed by atoms with E-state index in [1.165, 1.54) is 0 Å². The number of carbonyl (C=O) groups is 1. The number of anilines is 1. The average Bonchev–Trinajstić information content (AvgIpc) is 3.31. The van der Waals surface area contributed by atoms with Crippen LogP contribution in [0.4, 0.5) is 5.82 Å². The molecular formula is C19H18ClN5O2. The van der Waals surface area contributed by atoms with Gasteiger partial charge in [-0.25, -0.2) is 9.97 Å². The van der Waals surface area contributed by atoms with E-state index in [9.17, 15) is 9.90 Å². The number of aromatic nitrogens is 4. The van der Waals surface area contributed by atoms with E-state index >= 15 is 0 Å². The molecule has 0 amide bonds. The molecule has 1 saturated heterocycles. The van der Waals surface area contributed by atoms with E-state index in [1.807, 2.05) is 48.5 Å². The molecule has 0 spiro atoms. The van der Waals surface area contributed by atoms with Gasteiger partial charge in [0.15, 0.2) is 5.82 Å². The molecule has 1 atom stereocenters. The normalized spacial score (nSPS) is 16.7. The van der Waals surface area contributed by atoms with Crippen molar-refractivity contribution < 1.29 is 9.90 Å². The minimum absolute atomic E-state index is 0.374. The summed E-state index contributed by atoms with van der Waals surface area (Å²) < 4.78 is 1.70. The number of aryl methyl sites for hydroxylation is 1. The summed E-state index contributed by atoms with van der Waals surface area (Å²) >= 11 is 6.00. The first-order chi connectivity index (χ1) is 13.0. The monoisotopic (exact) mass is 383 g/mol. The highest BCUT2D eigenvalue weighted by atomic mass is 35.5. The third-order valence-electron chi connectivity index (χ3n) is 4.68. The number of benzene rings is 1. The van der Waals surface area contributed by atoms with Gasteiger partial charge >= 0.3 is 5.97 Å². The van der Waals surface area contributed by atoms with Crippen LogP contribution in [0.1, 0.15) is 6.42 Å². The van der Waals surface area contributed by atoms with Crippen LogP contribution >= 0.6 is 11.6 Å². The highest BCUT2D eigenvalue weighted by molar-refractivity contribution is 6.30. The van der Waals surface area contributed by atoms with Gasteiger partial charge in [-0.15, -0.1) is 0 Å². The highest BCUT2D eigenvalue weighted by Gasteiger charge is 2.29. The number of nitrogens with zero attached hydrogens (tertiary/aromatic N) is 5. The zero-order valence-electron chi connectivity index (χ0n) is 14.7. The fourth-order valence-corrected chi connectivity index (χ4v) is 3.33. The van der Waals surface area contributed by atoms with Gasteiger partial charge in [-0.2, -0.15) is 5.10 Å². The predicted octanol–water partition coefficient (Wildman–Crippen LogP) is 3.11. The minimum atomic E-state index is -0.767. The van der Waals surface area contributed by atoms with Gasteiger partial charge in [0, 0.05) is 43.0 Å². The van der Waals surface area contributed by atoms with E-state index in [-0.39, 0.29) is 5.92 Å². The first kappa shape index (κ1) is 17.5. The highest BCUT2D eigenvalue weighted by Crippen LogP contribution is 2.29. The van der Waals surface area contributed by atoms with Gasteiger partial charge < -0.3 is 10.0 Å². The maximum atomic E-state index is 11.3. The molecular weight excluding hydrogens is 366 g/mol. The number of rotatable bonds is 4.